The van der Waals surface area contributed by atoms with Gasteiger partial charge < -0.3 is 9.88 Å². The summed E-state index contributed by atoms with van der Waals surface area (Å²) >= 11 is 2.35. The van der Waals surface area contributed by atoms with Crippen LogP contribution < -0.4 is 5.32 Å². The molecule has 1 aliphatic carbocycles. The van der Waals surface area contributed by atoms with Crippen molar-refractivity contribution in [3.63, 3.8) is 0 Å². The van der Waals surface area contributed by atoms with Gasteiger partial charge in [0.15, 0.2) is 0 Å². The van der Waals surface area contributed by atoms with Gasteiger partial charge in [-0.2, -0.15) is 0 Å². The van der Waals surface area contributed by atoms with E-state index < -0.39 is 0 Å². The molecule has 0 amide bonds. The van der Waals surface area contributed by atoms with E-state index in [-0.39, 0.29) is 0 Å². The maximum absolute atomic E-state index is 4.38. The molecule has 2 aromatic rings. The Balaban J connectivity index is 2.32. The van der Waals surface area contributed by atoms with Crippen LogP contribution in [0.5, 0.6) is 0 Å². The molecule has 1 fully saturated rings. The average Bonchev–Trinajstić information content (AvgIpc) is 3.04. The second kappa shape index (κ2) is 3.33. The first-order valence-electron chi connectivity index (χ1n) is 5.00. The van der Waals surface area contributed by atoms with Gasteiger partial charge in [-0.3, -0.25) is 0 Å². The quantitative estimate of drug-likeness (QED) is 0.866. The van der Waals surface area contributed by atoms with Crippen molar-refractivity contribution in [2.75, 3.05) is 12.4 Å². The number of aromatic nitrogens is 3. The summed E-state index contributed by atoms with van der Waals surface area (Å²) in [5, 5.41) is 4.26. The molecule has 0 spiro atoms. The monoisotopic (exact) mass is 314 g/mol. The molecule has 0 unspecified atom stereocenters. The molecular weight excluding hydrogens is 303 g/mol. The van der Waals surface area contributed by atoms with Crippen molar-refractivity contribution in [2.24, 2.45) is 0 Å². The second-order valence-corrected chi connectivity index (χ2v) is 4.95. The van der Waals surface area contributed by atoms with Crippen molar-refractivity contribution < 1.29 is 0 Å². The minimum atomic E-state index is 0.663. The molecule has 0 aliphatic heterocycles. The van der Waals surface area contributed by atoms with Crippen molar-refractivity contribution in [3.8, 4) is 0 Å². The first-order chi connectivity index (χ1) is 7.31. The second-order valence-electron chi connectivity index (χ2n) is 3.79. The Morgan fingerprint density at radius 2 is 2.27 bits per heavy atom. The average molecular weight is 314 g/mol. The van der Waals surface area contributed by atoms with Gasteiger partial charge in [-0.05, 0) is 35.4 Å². The van der Waals surface area contributed by atoms with E-state index in [2.05, 4.69) is 48.6 Å². The molecule has 3 rings (SSSR count). The zero-order valence-electron chi connectivity index (χ0n) is 8.37. The van der Waals surface area contributed by atoms with Crippen LogP contribution in [0.4, 0.5) is 5.82 Å². The molecule has 2 heterocycles. The highest BCUT2D eigenvalue weighted by Gasteiger charge is 2.26. The van der Waals surface area contributed by atoms with E-state index >= 15 is 0 Å². The van der Waals surface area contributed by atoms with E-state index in [1.807, 2.05) is 7.05 Å². The molecule has 15 heavy (non-hydrogen) atoms. The van der Waals surface area contributed by atoms with E-state index in [0.717, 1.165) is 16.9 Å². The molecule has 4 nitrogen and oxygen atoms in total. The Kier molecular flexibility index (Phi) is 2.08. The number of nitrogens with one attached hydrogen (secondary N) is 1. The smallest absolute Gasteiger partial charge is 0.146 e. The van der Waals surface area contributed by atoms with E-state index in [0.29, 0.717) is 6.04 Å². The molecule has 5 heteroatoms. The van der Waals surface area contributed by atoms with Crippen LogP contribution in [0.2, 0.25) is 0 Å². The van der Waals surface area contributed by atoms with E-state index in [4.69, 9.17) is 0 Å². The lowest BCUT2D eigenvalue weighted by atomic mass is 10.4. The summed E-state index contributed by atoms with van der Waals surface area (Å²) in [7, 11) is 1.90. The van der Waals surface area contributed by atoms with Crippen LogP contribution in [0.3, 0.4) is 0 Å². The lowest BCUT2D eigenvalue weighted by molar-refractivity contribution is 0.764. The number of halogens is 1. The Hall–Kier alpha value is -0.850. The number of rotatable bonds is 2. The molecule has 0 saturated heterocycles. The highest BCUT2D eigenvalue weighted by atomic mass is 127. The zero-order chi connectivity index (χ0) is 10.4. The van der Waals surface area contributed by atoms with Gasteiger partial charge in [0.05, 0.1) is 5.39 Å². The largest absolute Gasteiger partial charge is 0.372 e. The highest BCUT2D eigenvalue weighted by Crippen LogP contribution is 2.39. The maximum Gasteiger partial charge on any atom is 0.146 e. The Morgan fingerprint density at radius 3 is 2.93 bits per heavy atom. The van der Waals surface area contributed by atoms with Gasteiger partial charge in [0.25, 0.3) is 0 Å². The summed E-state index contributed by atoms with van der Waals surface area (Å²) in [6, 6.07) is 0.663. The number of fused-ring (bicyclic) bond motifs is 1. The predicted molar refractivity (Wildman–Crippen MR) is 68.1 cm³/mol. The van der Waals surface area contributed by atoms with Crippen LogP contribution in [0.15, 0.2) is 12.5 Å². The molecule has 1 saturated carbocycles. The summed E-state index contributed by atoms with van der Waals surface area (Å²) in [5.41, 5.74) is 1.06. The summed E-state index contributed by atoms with van der Waals surface area (Å²) in [5.74, 6) is 0.920. The van der Waals surface area contributed by atoms with Gasteiger partial charge in [-0.1, -0.05) is 0 Å². The third-order valence-corrected chi connectivity index (χ3v) is 3.56. The zero-order valence-corrected chi connectivity index (χ0v) is 10.5. The fourth-order valence-corrected chi connectivity index (χ4v) is 2.66. The summed E-state index contributed by atoms with van der Waals surface area (Å²) < 4.78 is 3.50. The number of anilines is 1. The molecule has 78 valence electrons. The lowest BCUT2D eigenvalue weighted by Gasteiger charge is -2.03. The topological polar surface area (TPSA) is 42.7 Å². The van der Waals surface area contributed by atoms with Gasteiger partial charge in [-0.15, -0.1) is 0 Å². The fourth-order valence-electron chi connectivity index (χ4n) is 1.86. The summed E-state index contributed by atoms with van der Waals surface area (Å²) in [6.07, 6.45) is 6.36. The first kappa shape index (κ1) is 9.38. The van der Waals surface area contributed by atoms with Crippen molar-refractivity contribution in [1.29, 1.82) is 0 Å². The maximum atomic E-state index is 4.38. The van der Waals surface area contributed by atoms with Crippen LogP contribution >= 0.6 is 22.6 Å². The van der Waals surface area contributed by atoms with Crippen LogP contribution in [0, 0.1) is 3.57 Å². The van der Waals surface area contributed by atoms with Crippen molar-refractivity contribution >= 4 is 39.4 Å². The van der Waals surface area contributed by atoms with Crippen LogP contribution in [0.25, 0.3) is 11.0 Å². The standard InChI is InChI=1S/C10H11IN4/c1-12-9-8-7(11)4-15(6-2-3-6)10(8)14-5-13-9/h4-6H,2-3H2,1H3,(H,12,13,14). The highest BCUT2D eigenvalue weighted by molar-refractivity contribution is 14.1. The van der Waals surface area contributed by atoms with Crippen LogP contribution in [0.1, 0.15) is 18.9 Å². The lowest BCUT2D eigenvalue weighted by Crippen LogP contribution is -1.97. The molecule has 0 aromatic carbocycles. The normalized spacial score (nSPS) is 15.9. The number of nitrogens with zero attached hydrogens (tertiary/aromatic N) is 3. The Bertz CT molecular complexity index is 515. The summed E-state index contributed by atoms with van der Waals surface area (Å²) in [6.45, 7) is 0. The van der Waals surface area contributed by atoms with Gasteiger partial charge in [0.1, 0.15) is 17.8 Å². The minimum absolute atomic E-state index is 0.663. The molecule has 0 bridgehead atoms. The molecular formula is C10H11IN4. The van der Waals surface area contributed by atoms with Crippen molar-refractivity contribution in [3.05, 3.63) is 16.1 Å². The summed E-state index contributed by atoms with van der Waals surface area (Å²) in [4.78, 5) is 8.62. The minimum Gasteiger partial charge on any atom is -0.372 e. The molecule has 1 aliphatic rings. The third-order valence-electron chi connectivity index (χ3n) is 2.74. The van der Waals surface area contributed by atoms with Crippen molar-refractivity contribution in [2.45, 2.75) is 18.9 Å². The predicted octanol–water partition coefficient (Wildman–Crippen LogP) is 2.41. The van der Waals surface area contributed by atoms with E-state index in [1.54, 1.807) is 6.33 Å². The van der Waals surface area contributed by atoms with Gasteiger partial charge in [-0.25, -0.2) is 9.97 Å². The van der Waals surface area contributed by atoms with Gasteiger partial charge >= 0.3 is 0 Å². The van der Waals surface area contributed by atoms with Crippen LogP contribution in [-0.2, 0) is 0 Å². The SMILES string of the molecule is CNc1ncnc2c1c(I)cn2C1CC1. The van der Waals surface area contributed by atoms with E-state index in [1.165, 1.54) is 16.4 Å². The molecule has 0 atom stereocenters. The molecule has 1 N–H and O–H groups in total. The van der Waals surface area contributed by atoms with Gasteiger partial charge in [0.2, 0.25) is 0 Å². The number of hydrogen-bond acceptors (Lipinski definition) is 3. The molecule has 2 aromatic heterocycles. The fraction of sp³-hybridized carbons (Fsp3) is 0.400. The number of hydrogen-bond donors (Lipinski definition) is 1. The van der Waals surface area contributed by atoms with E-state index in [9.17, 15) is 0 Å². The first-order valence-corrected chi connectivity index (χ1v) is 6.08. The molecule has 0 radical (unpaired) electrons. The third kappa shape index (κ3) is 1.40. The van der Waals surface area contributed by atoms with Crippen molar-refractivity contribution in [1.82, 2.24) is 14.5 Å². The van der Waals surface area contributed by atoms with Crippen LogP contribution in [-0.4, -0.2) is 21.6 Å². The Morgan fingerprint density at radius 1 is 1.47 bits per heavy atom. The van der Waals surface area contributed by atoms with Gasteiger partial charge in [0, 0.05) is 22.9 Å². The Labute approximate surface area is 101 Å².